The van der Waals surface area contributed by atoms with Gasteiger partial charge in [0.05, 0.1) is 5.02 Å². The molecule has 2 atom stereocenters. The molecule has 1 saturated heterocycles. The van der Waals surface area contributed by atoms with Gasteiger partial charge in [0.2, 0.25) is 0 Å². The van der Waals surface area contributed by atoms with E-state index in [1.807, 2.05) is 6.07 Å². The molecule has 112 valence electrons. The average Bonchev–Trinajstić information content (AvgIpc) is 2.32. The molecule has 0 bridgehead atoms. The van der Waals surface area contributed by atoms with E-state index >= 15 is 0 Å². The summed E-state index contributed by atoms with van der Waals surface area (Å²) in [5.41, 5.74) is 1.17. The molecule has 1 heterocycles. The van der Waals surface area contributed by atoms with Crippen LogP contribution in [0, 0.1) is 11.2 Å². The molecule has 2 unspecified atom stereocenters. The monoisotopic (exact) mass is 298 g/mol. The summed E-state index contributed by atoms with van der Waals surface area (Å²) in [6.07, 6.45) is 0. The third kappa shape index (κ3) is 3.72. The first kappa shape index (κ1) is 15.7. The topological polar surface area (TPSA) is 15.3 Å². The highest BCUT2D eigenvalue weighted by molar-refractivity contribution is 6.30. The maximum Gasteiger partial charge on any atom is 0.142 e. The predicted molar refractivity (Wildman–Crippen MR) is 82.5 cm³/mol. The van der Waals surface area contributed by atoms with Gasteiger partial charge in [-0.3, -0.25) is 4.90 Å². The Bertz CT molecular complexity index is 470. The minimum absolute atomic E-state index is 0.190. The second-order valence-corrected chi connectivity index (χ2v) is 7.28. The fourth-order valence-electron chi connectivity index (χ4n) is 2.89. The van der Waals surface area contributed by atoms with Crippen molar-refractivity contribution < 1.29 is 4.39 Å². The number of halogens is 2. The molecule has 4 heteroatoms. The molecule has 1 aliphatic heterocycles. The average molecular weight is 299 g/mol. The molecule has 1 aromatic rings. The van der Waals surface area contributed by atoms with Crippen molar-refractivity contribution in [2.24, 2.45) is 5.41 Å². The molecular formula is C16H24ClFN2. The van der Waals surface area contributed by atoms with Gasteiger partial charge in [-0.15, -0.1) is 0 Å². The van der Waals surface area contributed by atoms with Gasteiger partial charge < -0.3 is 5.32 Å². The van der Waals surface area contributed by atoms with Gasteiger partial charge in [-0.2, -0.15) is 0 Å². The van der Waals surface area contributed by atoms with Crippen molar-refractivity contribution in [1.82, 2.24) is 10.2 Å². The Hall–Kier alpha value is -0.640. The van der Waals surface area contributed by atoms with Gasteiger partial charge in [0, 0.05) is 31.7 Å². The smallest absolute Gasteiger partial charge is 0.142 e. The summed E-state index contributed by atoms with van der Waals surface area (Å²) in [4.78, 5) is 2.45. The van der Waals surface area contributed by atoms with Crippen LogP contribution in [0.5, 0.6) is 0 Å². The summed E-state index contributed by atoms with van der Waals surface area (Å²) in [5.74, 6) is -0.334. The zero-order chi connectivity index (χ0) is 14.9. The van der Waals surface area contributed by atoms with Gasteiger partial charge in [0.1, 0.15) is 5.82 Å². The zero-order valence-electron chi connectivity index (χ0n) is 12.7. The highest BCUT2D eigenvalue weighted by Gasteiger charge is 2.34. The number of hydrogen-bond acceptors (Lipinski definition) is 2. The lowest BCUT2D eigenvalue weighted by Gasteiger charge is -2.46. The minimum atomic E-state index is -0.334. The van der Waals surface area contributed by atoms with E-state index in [4.69, 9.17) is 11.6 Å². The van der Waals surface area contributed by atoms with E-state index in [2.05, 4.69) is 37.9 Å². The van der Waals surface area contributed by atoms with Gasteiger partial charge >= 0.3 is 0 Å². The van der Waals surface area contributed by atoms with Crippen molar-refractivity contribution in [2.45, 2.75) is 46.3 Å². The van der Waals surface area contributed by atoms with Crippen LogP contribution in [-0.2, 0) is 6.54 Å². The third-order valence-corrected chi connectivity index (χ3v) is 4.28. The fourth-order valence-corrected chi connectivity index (χ4v) is 3.00. The van der Waals surface area contributed by atoms with Crippen LogP contribution in [0.4, 0.5) is 4.39 Å². The van der Waals surface area contributed by atoms with Gasteiger partial charge in [0.25, 0.3) is 0 Å². The molecule has 1 aromatic carbocycles. The molecule has 0 radical (unpaired) electrons. The Morgan fingerprint density at radius 1 is 1.40 bits per heavy atom. The molecule has 0 amide bonds. The molecule has 1 aliphatic rings. The fraction of sp³-hybridized carbons (Fsp3) is 0.625. The van der Waals surface area contributed by atoms with Crippen LogP contribution in [-0.4, -0.2) is 30.1 Å². The van der Waals surface area contributed by atoms with Crippen molar-refractivity contribution in [1.29, 1.82) is 0 Å². The maximum absolute atomic E-state index is 13.6. The number of rotatable bonds is 2. The standard InChI is InChI=1S/C16H24ClFN2/c1-11-9-20(15(8-19-11)16(2,3)4)10-12-5-6-13(17)14(18)7-12/h5-7,11,15,19H,8-10H2,1-4H3. The van der Waals surface area contributed by atoms with E-state index in [-0.39, 0.29) is 16.3 Å². The van der Waals surface area contributed by atoms with Gasteiger partial charge in [0.15, 0.2) is 0 Å². The number of piperazine rings is 1. The third-order valence-electron chi connectivity index (χ3n) is 3.98. The van der Waals surface area contributed by atoms with Crippen molar-refractivity contribution in [3.05, 3.63) is 34.6 Å². The van der Waals surface area contributed by atoms with Crippen LogP contribution in [0.3, 0.4) is 0 Å². The van der Waals surface area contributed by atoms with Crippen LogP contribution in [0.25, 0.3) is 0 Å². The van der Waals surface area contributed by atoms with E-state index in [0.717, 1.165) is 25.2 Å². The summed E-state index contributed by atoms with van der Waals surface area (Å²) < 4.78 is 13.6. The second-order valence-electron chi connectivity index (χ2n) is 6.87. The molecule has 0 spiro atoms. The summed E-state index contributed by atoms with van der Waals surface area (Å²) in [7, 11) is 0. The molecule has 2 nitrogen and oxygen atoms in total. The Morgan fingerprint density at radius 3 is 2.70 bits per heavy atom. The Labute approximate surface area is 126 Å². The molecular weight excluding hydrogens is 275 g/mol. The maximum atomic E-state index is 13.6. The quantitative estimate of drug-likeness (QED) is 0.896. The first-order chi connectivity index (χ1) is 9.27. The van der Waals surface area contributed by atoms with Crippen LogP contribution >= 0.6 is 11.6 Å². The van der Waals surface area contributed by atoms with Crippen LogP contribution < -0.4 is 5.32 Å². The first-order valence-corrected chi connectivity index (χ1v) is 7.56. The molecule has 0 aromatic heterocycles. The SMILES string of the molecule is CC1CN(Cc2ccc(Cl)c(F)c2)C(C(C)(C)C)CN1. The van der Waals surface area contributed by atoms with Crippen LogP contribution in [0.2, 0.25) is 5.02 Å². The number of benzene rings is 1. The lowest BCUT2D eigenvalue weighted by molar-refractivity contribution is 0.0525. The Kier molecular flexibility index (Phi) is 4.73. The number of nitrogens with zero attached hydrogens (tertiary/aromatic N) is 1. The second kappa shape index (κ2) is 6.00. The molecule has 20 heavy (non-hydrogen) atoms. The van der Waals surface area contributed by atoms with Crippen LogP contribution in [0.15, 0.2) is 18.2 Å². The summed E-state index contributed by atoms with van der Waals surface area (Å²) >= 11 is 5.75. The summed E-state index contributed by atoms with van der Waals surface area (Å²) in [6.45, 7) is 11.7. The molecule has 0 saturated carbocycles. The summed E-state index contributed by atoms with van der Waals surface area (Å²) in [6, 6.07) is 6.01. The molecule has 0 aliphatic carbocycles. The van der Waals surface area contributed by atoms with Crippen molar-refractivity contribution in [3.8, 4) is 0 Å². The first-order valence-electron chi connectivity index (χ1n) is 7.18. The molecule has 1 N–H and O–H groups in total. The van der Waals surface area contributed by atoms with Gasteiger partial charge in [-0.05, 0) is 30.0 Å². The largest absolute Gasteiger partial charge is 0.311 e. The Balaban J connectivity index is 2.16. The number of hydrogen-bond donors (Lipinski definition) is 1. The highest BCUT2D eigenvalue weighted by atomic mass is 35.5. The van der Waals surface area contributed by atoms with E-state index in [1.165, 1.54) is 0 Å². The predicted octanol–water partition coefficient (Wildman–Crippen LogP) is 3.69. The summed E-state index contributed by atoms with van der Waals surface area (Å²) in [5, 5.41) is 3.73. The van der Waals surface area contributed by atoms with Gasteiger partial charge in [-0.1, -0.05) is 38.4 Å². The normalized spacial score (nSPS) is 24.9. The Morgan fingerprint density at radius 2 is 2.10 bits per heavy atom. The van der Waals surface area contributed by atoms with E-state index in [1.54, 1.807) is 12.1 Å². The number of nitrogens with one attached hydrogen (secondary N) is 1. The molecule has 1 fully saturated rings. The zero-order valence-corrected chi connectivity index (χ0v) is 13.5. The lowest BCUT2D eigenvalue weighted by Crippen LogP contribution is -2.59. The minimum Gasteiger partial charge on any atom is -0.311 e. The lowest BCUT2D eigenvalue weighted by atomic mass is 9.83. The van der Waals surface area contributed by atoms with Crippen molar-refractivity contribution in [2.75, 3.05) is 13.1 Å². The van der Waals surface area contributed by atoms with Gasteiger partial charge in [-0.25, -0.2) is 4.39 Å². The van der Waals surface area contributed by atoms with Crippen molar-refractivity contribution in [3.63, 3.8) is 0 Å². The highest BCUT2D eigenvalue weighted by Crippen LogP contribution is 2.28. The molecule has 2 rings (SSSR count). The van der Waals surface area contributed by atoms with E-state index < -0.39 is 0 Å². The van der Waals surface area contributed by atoms with E-state index in [9.17, 15) is 4.39 Å². The van der Waals surface area contributed by atoms with Crippen LogP contribution in [0.1, 0.15) is 33.3 Å². The van der Waals surface area contributed by atoms with Crippen molar-refractivity contribution >= 4 is 11.6 Å². The van der Waals surface area contributed by atoms with E-state index in [0.29, 0.717) is 12.1 Å².